The molecular weight excluding hydrogens is 848 g/mol. The molecule has 10 rings (SSSR count). The second-order valence-electron chi connectivity index (χ2n) is 16.9. The minimum atomic E-state index is -4.35. The van der Waals surface area contributed by atoms with E-state index in [9.17, 15) is 13.2 Å². The number of carbonyl (C=O) groups is 1. The molecule has 3 aromatic carbocycles. The Balaban J connectivity index is 0.000000473. The van der Waals surface area contributed by atoms with Gasteiger partial charge in [0.25, 0.3) is 15.9 Å². The van der Waals surface area contributed by atoms with E-state index in [1.807, 2.05) is 30.3 Å². The number of allylic oxidation sites excluding steroid dienone is 2. The Hall–Kier alpha value is -5.54. The summed E-state index contributed by atoms with van der Waals surface area (Å²) in [5.41, 5.74) is 9.09. The molecule has 0 atom stereocenters. The molecule has 2 aromatic heterocycles. The minimum Gasteiger partial charge on any atom is -0.480 e. The predicted molar refractivity (Wildman–Crippen MR) is 242 cm³/mol. The van der Waals surface area contributed by atoms with Crippen LogP contribution in [0.15, 0.2) is 113 Å². The van der Waals surface area contributed by atoms with Crippen molar-refractivity contribution in [2.45, 2.75) is 38.0 Å². The average molecular weight is 896 g/mol. The lowest BCUT2D eigenvalue weighted by molar-refractivity contribution is 0.0979. The van der Waals surface area contributed by atoms with E-state index in [0.717, 1.165) is 81.0 Å². The molecule has 0 unspecified atom stereocenters. The molecule has 62 heavy (non-hydrogen) atoms. The lowest BCUT2D eigenvalue weighted by Crippen LogP contribution is -2.47. The van der Waals surface area contributed by atoms with Crippen LogP contribution in [-0.4, -0.2) is 98.8 Å². The van der Waals surface area contributed by atoms with Gasteiger partial charge in [0.2, 0.25) is 5.88 Å². The summed E-state index contributed by atoms with van der Waals surface area (Å²) in [5.74, 6) is 1.24. The highest BCUT2D eigenvalue weighted by molar-refractivity contribution is 7.90. The first-order valence-electron chi connectivity index (χ1n) is 20.7. The number of carbonyl (C=O) groups excluding carboxylic acids is 1. The van der Waals surface area contributed by atoms with Crippen molar-refractivity contribution in [3.05, 3.63) is 129 Å². The van der Waals surface area contributed by atoms with Crippen LogP contribution in [-0.2, 0) is 10.0 Å². The summed E-state index contributed by atoms with van der Waals surface area (Å²) < 4.78 is 40.1. The molecule has 0 radical (unpaired) electrons. The number of sulfonamides is 1. The zero-order valence-corrected chi connectivity index (χ0v) is 37.1. The number of piperazine rings is 1. The molecule has 0 bridgehead atoms. The summed E-state index contributed by atoms with van der Waals surface area (Å²) in [5, 5.41) is 11.9. The van der Waals surface area contributed by atoms with Crippen molar-refractivity contribution >= 4 is 61.3 Å². The van der Waals surface area contributed by atoms with Crippen LogP contribution in [0.3, 0.4) is 0 Å². The van der Waals surface area contributed by atoms with E-state index in [2.05, 4.69) is 72.0 Å². The molecule has 2 saturated heterocycles. The van der Waals surface area contributed by atoms with Gasteiger partial charge in [0.1, 0.15) is 27.2 Å². The number of nitrogens with zero attached hydrogens (tertiary/aromatic N) is 5. The fraction of sp³-hybridized carbons (Fsp3) is 0.326. The average Bonchev–Trinajstić information content (AvgIpc) is 3.55. The van der Waals surface area contributed by atoms with E-state index >= 15 is 0 Å². The minimum absolute atomic E-state index is 0.00841. The van der Waals surface area contributed by atoms with Gasteiger partial charge in [-0.15, -0.1) is 0 Å². The Kier molecular flexibility index (Phi) is 11.4. The molecule has 3 N–H and O–H groups in total. The lowest BCUT2D eigenvalue weighted by atomic mass is 9.72. The number of methoxy groups -OCH3 is 1. The van der Waals surface area contributed by atoms with Crippen molar-refractivity contribution in [3.8, 4) is 17.4 Å². The van der Waals surface area contributed by atoms with Gasteiger partial charge in [-0.1, -0.05) is 60.8 Å². The number of H-pyrrole nitrogens is 1. The second kappa shape index (κ2) is 17.0. The van der Waals surface area contributed by atoms with E-state index in [-0.39, 0.29) is 32.5 Å². The number of aromatic amines is 1. The SMILES string of the molecule is C1=C2CN3CCNC3=C12.COc1ncc(S(=O)(=O)NC(=O)c2ccc(N3CCN(CC4=C(c5ccc(Cl)cc5)CC(C)(C)CC4)CC3)cc2Oc2cccc3[nH]ncc23)cc1Cl. The number of amides is 1. The summed E-state index contributed by atoms with van der Waals surface area (Å²) in [4.78, 5) is 24.5. The van der Waals surface area contributed by atoms with Crippen LogP contribution in [0, 0.1) is 5.41 Å². The van der Waals surface area contributed by atoms with Gasteiger partial charge in [-0.25, -0.2) is 18.1 Å². The Bertz CT molecular complexity index is 2760. The van der Waals surface area contributed by atoms with Crippen LogP contribution in [0.25, 0.3) is 16.5 Å². The Labute approximate surface area is 371 Å². The van der Waals surface area contributed by atoms with Crippen LogP contribution >= 0.6 is 23.2 Å². The molecule has 2 aliphatic carbocycles. The zero-order chi connectivity index (χ0) is 43.2. The fourth-order valence-electron chi connectivity index (χ4n) is 8.62. The number of rotatable bonds is 10. The van der Waals surface area contributed by atoms with Crippen LogP contribution in [0.5, 0.6) is 17.4 Å². The number of pyridine rings is 1. The molecule has 5 aliphatic rings. The highest BCUT2D eigenvalue weighted by Gasteiger charge is 2.36. The van der Waals surface area contributed by atoms with Crippen molar-refractivity contribution in [3.63, 3.8) is 0 Å². The summed E-state index contributed by atoms with van der Waals surface area (Å²) in [6.07, 6.45) is 8.23. The second-order valence-corrected chi connectivity index (χ2v) is 19.5. The van der Waals surface area contributed by atoms with E-state index in [4.69, 9.17) is 32.7 Å². The van der Waals surface area contributed by atoms with E-state index in [1.54, 1.807) is 30.0 Å². The topological polar surface area (TPSA) is 145 Å². The Morgan fingerprint density at radius 1 is 0.952 bits per heavy atom. The number of benzene rings is 3. The summed E-state index contributed by atoms with van der Waals surface area (Å²) in [6.45, 7) is 12.3. The molecular formula is C46H48Cl2N8O5S. The number of halogens is 2. The first-order valence-corrected chi connectivity index (χ1v) is 23.0. The maximum Gasteiger partial charge on any atom is 0.268 e. The molecule has 1 amide bonds. The van der Waals surface area contributed by atoms with E-state index < -0.39 is 15.9 Å². The predicted octanol–water partition coefficient (Wildman–Crippen LogP) is 8.03. The van der Waals surface area contributed by atoms with E-state index in [0.29, 0.717) is 11.1 Å². The highest BCUT2D eigenvalue weighted by atomic mass is 35.5. The van der Waals surface area contributed by atoms with Crippen LogP contribution in [0.4, 0.5) is 5.69 Å². The van der Waals surface area contributed by atoms with Gasteiger partial charge in [0.15, 0.2) is 0 Å². The van der Waals surface area contributed by atoms with Gasteiger partial charge in [-0.05, 0) is 89.9 Å². The molecule has 0 spiro atoms. The number of nitrogens with one attached hydrogen (secondary N) is 3. The molecule has 16 heteroatoms. The summed E-state index contributed by atoms with van der Waals surface area (Å²) in [7, 11) is -2.98. The van der Waals surface area contributed by atoms with Gasteiger partial charge < -0.3 is 24.6 Å². The first kappa shape index (κ1) is 41.8. The smallest absolute Gasteiger partial charge is 0.268 e. The number of anilines is 1. The number of aromatic nitrogens is 3. The molecule has 2 fully saturated rings. The Morgan fingerprint density at radius 2 is 1.76 bits per heavy atom. The molecule has 5 heterocycles. The van der Waals surface area contributed by atoms with Gasteiger partial charge in [-0.3, -0.25) is 14.8 Å². The van der Waals surface area contributed by atoms with Crippen molar-refractivity contribution in [1.29, 1.82) is 0 Å². The van der Waals surface area contributed by atoms with Gasteiger partial charge in [-0.2, -0.15) is 5.10 Å². The summed E-state index contributed by atoms with van der Waals surface area (Å²) in [6, 6.07) is 20.0. The van der Waals surface area contributed by atoms with Crippen LogP contribution in [0.1, 0.15) is 49.0 Å². The first-order chi connectivity index (χ1) is 29.8. The largest absolute Gasteiger partial charge is 0.480 e. The maximum atomic E-state index is 13.7. The Morgan fingerprint density at radius 3 is 2.52 bits per heavy atom. The third-order valence-corrected chi connectivity index (χ3v) is 13.9. The van der Waals surface area contributed by atoms with Gasteiger partial charge in [0.05, 0.1) is 36.0 Å². The standard InChI is InChI=1S/C39H40Cl2N6O5S.C7H8N2/c1-39(2)14-13-26(31(21-39)25-7-9-27(40)10-8-25)24-46-15-17-47(18-16-46)28-11-12-30(36(19-28)52-35-6-4-5-34-32(35)23-43-44-34)37(48)45-53(49,50)29-20-33(41)38(51-3)42-22-29;1-2-9-4-5-3-6(5)7(9)8-1/h4-12,19-20,22-23H,13-18,21,24H2,1-3H3,(H,43,44)(H,45,48);3,8H,1-2,4H2. The fourth-order valence-corrected chi connectivity index (χ4v) is 9.99. The quantitative estimate of drug-likeness (QED) is 0.125. The number of ether oxygens (including phenoxy) is 2. The monoisotopic (exact) mass is 894 g/mol. The summed E-state index contributed by atoms with van der Waals surface area (Å²) >= 11 is 12.4. The van der Waals surface area contributed by atoms with Crippen molar-refractivity contribution in [2.75, 3.05) is 64.4 Å². The zero-order valence-electron chi connectivity index (χ0n) is 34.8. The number of hydrogen-bond acceptors (Lipinski definition) is 11. The highest BCUT2D eigenvalue weighted by Crippen LogP contribution is 2.44. The van der Waals surface area contributed by atoms with Crippen molar-refractivity contribution in [1.82, 2.24) is 35.0 Å². The van der Waals surface area contributed by atoms with Gasteiger partial charge >= 0.3 is 0 Å². The third-order valence-electron chi connectivity index (χ3n) is 12.1. The normalized spacial score (nSPS) is 18.1. The van der Waals surface area contributed by atoms with Crippen molar-refractivity contribution in [2.24, 2.45) is 5.41 Å². The number of fused-ring (bicyclic) bond motifs is 3. The van der Waals surface area contributed by atoms with Crippen molar-refractivity contribution < 1.29 is 22.7 Å². The number of hydrogen-bond donors (Lipinski definition) is 3. The molecule has 0 saturated carbocycles. The van der Waals surface area contributed by atoms with E-state index in [1.165, 1.54) is 54.4 Å². The molecule has 13 nitrogen and oxygen atoms in total. The van der Waals surface area contributed by atoms with Crippen LogP contribution in [0.2, 0.25) is 10.0 Å². The van der Waals surface area contributed by atoms with Crippen LogP contribution < -0.4 is 24.4 Å². The molecule has 5 aromatic rings. The van der Waals surface area contributed by atoms with Gasteiger partial charge in [0, 0.05) is 74.7 Å². The molecule has 322 valence electrons. The lowest BCUT2D eigenvalue weighted by Gasteiger charge is -2.39. The molecule has 3 aliphatic heterocycles. The maximum absolute atomic E-state index is 13.7. The third kappa shape index (κ3) is 8.87.